The van der Waals surface area contributed by atoms with Crippen LogP contribution in [0, 0.1) is 0 Å². The highest BCUT2D eigenvalue weighted by atomic mass is 32.1. The minimum Gasteiger partial charge on any atom is -0.383 e. The number of ether oxygens (including phenoxy) is 1. The van der Waals surface area contributed by atoms with Crippen molar-refractivity contribution in [3.05, 3.63) is 17.5 Å². The minimum absolute atomic E-state index is 0.493. The highest BCUT2D eigenvalue weighted by Crippen LogP contribution is 2.39. The Morgan fingerprint density at radius 1 is 1.16 bits per heavy atom. The molecule has 7 heteroatoms. The first-order chi connectivity index (χ1) is 9.25. The summed E-state index contributed by atoms with van der Waals surface area (Å²) in [6.07, 6.45) is 2.32. The molecule has 19 heavy (non-hydrogen) atoms. The first-order valence-corrected chi connectivity index (χ1v) is 6.75. The Balaban J connectivity index is 2.22. The smallest absolute Gasteiger partial charge is 0.144 e. The van der Waals surface area contributed by atoms with E-state index in [1.165, 1.54) is 23.2 Å². The molecule has 0 saturated heterocycles. The number of thiophene rings is 1. The molecule has 6 nitrogen and oxygen atoms in total. The van der Waals surface area contributed by atoms with E-state index in [0.717, 1.165) is 32.4 Å². The van der Waals surface area contributed by atoms with E-state index >= 15 is 0 Å². The van der Waals surface area contributed by atoms with E-state index in [-0.39, 0.29) is 0 Å². The van der Waals surface area contributed by atoms with Crippen LogP contribution in [0.5, 0.6) is 0 Å². The second kappa shape index (κ2) is 3.75. The van der Waals surface area contributed by atoms with Crippen LogP contribution in [0.25, 0.3) is 20.4 Å². The zero-order chi connectivity index (χ0) is 13.0. The number of pyridine rings is 1. The van der Waals surface area contributed by atoms with Crippen molar-refractivity contribution < 1.29 is 4.74 Å². The van der Waals surface area contributed by atoms with Gasteiger partial charge in [-0.15, -0.1) is 11.3 Å². The van der Waals surface area contributed by atoms with E-state index in [9.17, 15) is 0 Å². The number of fused-ring (bicyclic) bond motifs is 5. The molecule has 0 aromatic carbocycles. The maximum atomic E-state index is 6.02. The van der Waals surface area contributed by atoms with Gasteiger partial charge in [0.2, 0.25) is 0 Å². The van der Waals surface area contributed by atoms with Crippen molar-refractivity contribution in [2.24, 2.45) is 0 Å². The standard InChI is InChI=1S/C12H11N5OS/c13-10-6-3-18-2-1-5(6)7-8-9(19-12(7)17-10)11(14)16-4-15-8/h4H,1-3H2,(H2,13,17)(H2,14,15,16). The van der Waals surface area contributed by atoms with E-state index in [0.29, 0.717) is 24.8 Å². The fourth-order valence-corrected chi connectivity index (χ4v) is 3.60. The predicted octanol–water partition coefficient (Wildman–Crippen LogP) is 1.48. The van der Waals surface area contributed by atoms with E-state index in [1.54, 1.807) is 0 Å². The van der Waals surface area contributed by atoms with Gasteiger partial charge in [-0.25, -0.2) is 15.0 Å². The Hall–Kier alpha value is -1.99. The molecule has 0 spiro atoms. The van der Waals surface area contributed by atoms with Gasteiger partial charge in [-0.2, -0.15) is 0 Å². The normalized spacial score (nSPS) is 14.9. The van der Waals surface area contributed by atoms with Crippen molar-refractivity contribution in [2.45, 2.75) is 13.0 Å². The molecule has 1 aliphatic heterocycles. The summed E-state index contributed by atoms with van der Waals surface area (Å²) in [7, 11) is 0. The maximum absolute atomic E-state index is 6.02. The van der Waals surface area contributed by atoms with Crippen LogP contribution in [0.15, 0.2) is 6.33 Å². The van der Waals surface area contributed by atoms with Crippen molar-refractivity contribution >= 4 is 43.4 Å². The third-order valence-corrected chi connectivity index (χ3v) is 4.52. The van der Waals surface area contributed by atoms with Gasteiger partial charge >= 0.3 is 0 Å². The van der Waals surface area contributed by atoms with Gasteiger partial charge in [0.1, 0.15) is 22.8 Å². The number of rotatable bonds is 0. The molecule has 3 aromatic heterocycles. The molecule has 1 aliphatic rings. The molecule has 0 aliphatic carbocycles. The van der Waals surface area contributed by atoms with Gasteiger partial charge in [0, 0.05) is 10.9 Å². The number of nitrogens with zero attached hydrogens (tertiary/aromatic N) is 3. The average molecular weight is 273 g/mol. The van der Waals surface area contributed by atoms with E-state index < -0.39 is 0 Å². The van der Waals surface area contributed by atoms with E-state index in [2.05, 4.69) is 15.0 Å². The Morgan fingerprint density at radius 2 is 2.05 bits per heavy atom. The summed E-state index contributed by atoms with van der Waals surface area (Å²) in [4.78, 5) is 13.7. The van der Waals surface area contributed by atoms with Crippen molar-refractivity contribution in [3.8, 4) is 0 Å². The summed E-state index contributed by atoms with van der Waals surface area (Å²) in [5.41, 5.74) is 15.0. The van der Waals surface area contributed by atoms with Crippen molar-refractivity contribution in [3.63, 3.8) is 0 Å². The quantitative estimate of drug-likeness (QED) is 0.643. The number of hydrogen-bond donors (Lipinski definition) is 2. The summed E-state index contributed by atoms with van der Waals surface area (Å²) in [6, 6.07) is 0. The third-order valence-electron chi connectivity index (χ3n) is 3.42. The number of nitrogen functional groups attached to an aromatic ring is 2. The van der Waals surface area contributed by atoms with Crippen LogP contribution in [-0.2, 0) is 17.8 Å². The van der Waals surface area contributed by atoms with Gasteiger partial charge in [-0.05, 0) is 12.0 Å². The molecule has 4 heterocycles. The molecule has 4 rings (SSSR count). The lowest BCUT2D eigenvalue weighted by molar-refractivity contribution is 0.111. The van der Waals surface area contributed by atoms with Gasteiger partial charge in [0.15, 0.2) is 0 Å². The van der Waals surface area contributed by atoms with Crippen molar-refractivity contribution in [1.82, 2.24) is 15.0 Å². The molecular weight excluding hydrogens is 262 g/mol. The molecule has 0 bridgehead atoms. The highest BCUT2D eigenvalue weighted by Gasteiger charge is 2.22. The Morgan fingerprint density at radius 3 is 2.95 bits per heavy atom. The summed E-state index contributed by atoms with van der Waals surface area (Å²) in [5, 5.41) is 1.06. The van der Waals surface area contributed by atoms with Gasteiger partial charge in [0.25, 0.3) is 0 Å². The van der Waals surface area contributed by atoms with Crippen molar-refractivity contribution in [2.75, 3.05) is 18.1 Å². The topological polar surface area (TPSA) is 99.9 Å². The van der Waals surface area contributed by atoms with Crippen LogP contribution >= 0.6 is 11.3 Å². The number of nitrogens with two attached hydrogens (primary N) is 2. The molecule has 0 radical (unpaired) electrons. The maximum Gasteiger partial charge on any atom is 0.144 e. The van der Waals surface area contributed by atoms with Crippen LogP contribution in [-0.4, -0.2) is 21.6 Å². The predicted molar refractivity (Wildman–Crippen MR) is 74.9 cm³/mol. The van der Waals surface area contributed by atoms with Gasteiger partial charge in [-0.3, -0.25) is 0 Å². The number of aromatic nitrogens is 3. The SMILES string of the molecule is Nc1nc2sc3c(N)ncnc3c2c2c1COCC2. The first kappa shape index (κ1) is 10.9. The zero-order valence-corrected chi connectivity index (χ0v) is 10.8. The molecule has 0 amide bonds. The van der Waals surface area contributed by atoms with Crippen molar-refractivity contribution in [1.29, 1.82) is 0 Å². The summed E-state index contributed by atoms with van der Waals surface area (Å²) >= 11 is 1.49. The zero-order valence-electron chi connectivity index (χ0n) is 10.0. The second-order valence-corrected chi connectivity index (χ2v) is 5.47. The molecule has 0 saturated carbocycles. The highest BCUT2D eigenvalue weighted by molar-refractivity contribution is 7.26. The Labute approximate surface area is 112 Å². The summed E-state index contributed by atoms with van der Waals surface area (Å²) in [6.45, 7) is 1.21. The van der Waals surface area contributed by atoms with Crippen LogP contribution in [0.2, 0.25) is 0 Å². The minimum atomic E-state index is 0.493. The fourth-order valence-electron chi connectivity index (χ4n) is 2.53. The van der Waals surface area contributed by atoms with E-state index in [1.807, 2.05) is 0 Å². The molecule has 96 valence electrons. The van der Waals surface area contributed by atoms with Crippen LogP contribution in [0.4, 0.5) is 11.6 Å². The largest absolute Gasteiger partial charge is 0.383 e. The van der Waals surface area contributed by atoms with Gasteiger partial charge < -0.3 is 16.2 Å². The van der Waals surface area contributed by atoms with Gasteiger partial charge in [-0.1, -0.05) is 0 Å². The van der Waals surface area contributed by atoms with Crippen LogP contribution in [0.3, 0.4) is 0 Å². The third kappa shape index (κ3) is 1.42. The first-order valence-electron chi connectivity index (χ1n) is 5.93. The molecule has 0 fully saturated rings. The average Bonchev–Trinajstić information content (AvgIpc) is 2.79. The molecule has 4 N–H and O–H groups in total. The summed E-state index contributed by atoms with van der Waals surface area (Å²) in [5.74, 6) is 1.03. The van der Waals surface area contributed by atoms with Gasteiger partial charge in [0.05, 0.1) is 23.4 Å². The molecule has 0 unspecified atom stereocenters. The monoisotopic (exact) mass is 273 g/mol. The van der Waals surface area contributed by atoms with E-state index in [4.69, 9.17) is 16.2 Å². The lowest BCUT2D eigenvalue weighted by Gasteiger charge is -2.18. The molecular formula is C12H11N5OS. The summed E-state index contributed by atoms with van der Waals surface area (Å²) < 4.78 is 6.34. The lowest BCUT2D eigenvalue weighted by atomic mass is 10.0. The second-order valence-electron chi connectivity index (χ2n) is 4.48. The number of hydrogen-bond acceptors (Lipinski definition) is 7. The fraction of sp³-hybridized carbons (Fsp3) is 0.250. The lowest BCUT2D eigenvalue weighted by Crippen LogP contribution is -2.13. The molecule has 0 atom stereocenters. The molecule has 3 aromatic rings. The Bertz CT molecular complexity index is 813. The van der Waals surface area contributed by atoms with Crippen LogP contribution < -0.4 is 11.5 Å². The van der Waals surface area contributed by atoms with Crippen LogP contribution in [0.1, 0.15) is 11.1 Å². The Kier molecular flexibility index (Phi) is 2.15. The number of anilines is 2.